The Morgan fingerprint density at radius 3 is 2.38 bits per heavy atom. The number of amides is 1. The van der Waals surface area contributed by atoms with Gasteiger partial charge >= 0.3 is 0 Å². The van der Waals surface area contributed by atoms with Gasteiger partial charge in [0.1, 0.15) is 0 Å². The molecule has 3 nitrogen and oxygen atoms in total. The maximum Gasteiger partial charge on any atom is 0.251 e. The molecule has 0 spiro atoms. The summed E-state index contributed by atoms with van der Waals surface area (Å²) in [5, 5.41) is 5.70. The van der Waals surface area contributed by atoms with E-state index in [-0.39, 0.29) is 18.3 Å². The first kappa shape index (κ1) is 15.9. The standard InChI is InChI=1S/C20H22N2O.ClH/c23-20(16-6-5-14-3-1-2-4-15(14)9-16)21-19-17-7-13-8-18(19)12-22(10-13)11-17;/h1-6,9,13,17-19H,7-8,10-12H2,(H,21,23);1H. The lowest BCUT2D eigenvalue weighted by Gasteiger charge is -2.55. The Kier molecular flexibility index (Phi) is 4.01. The lowest BCUT2D eigenvalue weighted by atomic mass is 9.65. The van der Waals surface area contributed by atoms with Crippen LogP contribution in [-0.2, 0) is 0 Å². The fraction of sp³-hybridized carbons (Fsp3) is 0.450. The molecule has 2 aromatic rings. The third-order valence-electron chi connectivity index (χ3n) is 6.10. The zero-order chi connectivity index (χ0) is 15.4. The van der Waals surface area contributed by atoms with Gasteiger partial charge < -0.3 is 10.2 Å². The van der Waals surface area contributed by atoms with E-state index in [2.05, 4.69) is 22.3 Å². The van der Waals surface area contributed by atoms with E-state index >= 15 is 0 Å². The minimum atomic E-state index is 0. The van der Waals surface area contributed by atoms with Crippen LogP contribution in [0.15, 0.2) is 42.5 Å². The second-order valence-corrected chi connectivity index (χ2v) is 7.64. The molecule has 0 aromatic heterocycles. The van der Waals surface area contributed by atoms with Crippen LogP contribution in [0.25, 0.3) is 10.8 Å². The van der Waals surface area contributed by atoms with Gasteiger partial charge in [-0.1, -0.05) is 30.3 Å². The Morgan fingerprint density at radius 1 is 0.958 bits per heavy atom. The smallest absolute Gasteiger partial charge is 0.251 e. The number of benzene rings is 2. The molecule has 2 unspecified atom stereocenters. The highest BCUT2D eigenvalue weighted by Crippen LogP contribution is 2.43. The molecule has 4 bridgehead atoms. The number of nitrogens with one attached hydrogen (secondary N) is 1. The predicted octanol–water partition coefficient (Wildman–Crippen LogP) is 3.33. The number of halogens is 1. The SMILES string of the molecule is Cl.O=C(NC1C2CC3CC1CN(C3)C2)c1ccc2ccccc2c1. The van der Waals surface area contributed by atoms with E-state index in [1.807, 2.05) is 30.3 Å². The quantitative estimate of drug-likeness (QED) is 0.908. The van der Waals surface area contributed by atoms with Crippen LogP contribution >= 0.6 is 12.4 Å². The topological polar surface area (TPSA) is 32.3 Å². The lowest BCUT2D eigenvalue weighted by Crippen LogP contribution is -2.64. The Bertz CT molecular complexity index is 747. The number of hydrogen-bond donors (Lipinski definition) is 1. The Hall–Kier alpha value is -1.58. The van der Waals surface area contributed by atoms with Crippen LogP contribution in [0.5, 0.6) is 0 Å². The van der Waals surface area contributed by atoms with Crippen molar-refractivity contribution in [1.29, 1.82) is 0 Å². The molecular formula is C20H23ClN2O. The van der Waals surface area contributed by atoms with Crippen LogP contribution < -0.4 is 5.32 Å². The number of nitrogens with zero attached hydrogens (tertiary/aromatic N) is 1. The number of fused-ring (bicyclic) bond motifs is 1. The molecule has 1 saturated carbocycles. The molecule has 6 rings (SSSR count). The van der Waals surface area contributed by atoms with Crippen molar-refractivity contribution in [3.63, 3.8) is 0 Å². The molecule has 24 heavy (non-hydrogen) atoms. The maximum atomic E-state index is 12.8. The molecule has 1 N–H and O–H groups in total. The number of hydrogen-bond acceptors (Lipinski definition) is 2. The van der Waals surface area contributed by atoms with Crippen molar-refractivity contribution in [3.05, 3.63) is 48.0 Å². The molecule has 4 heteroatoms. The van der Waals surface area contributed by atoms with E-state index in [0.717, 1.165) is 16.9 Å². The summed E-state index contributed by atoms with van der Waals surface area (Å²) in [7, 11) is 0. The minimum Gasteiger partial charge on any atom is -0.349 e. The van der Waals surface area contributed by atoms with Gasteiger partial charge in [-0.05, 0) is 53.5 Å². The summed E-state index contributed by atoms with van der Waals surface area (Å²) in [6, 6.07) is 14.6. The molecule has 4 aliphatic rings. The summed E-state index contributed by atoms with van der Waals surface area (Å²) >= 11 is 0. The molecule has 1 aliphatic carbocycles. The second-order valence-electron chi connectivity index (χ2n) is 7.64. The van der Waals surface area contributed by atoms with Crippen LogP contribution in [0.1, 0.15) is 23.2 Å². The molecule has 2 aromatic carbocycles. The molecule has 1 amide bonds. The first-order valence-electron chi connectivity index (χ1n) is 8.78. The molecule has 0 radical (unpaired) electrons. The highest BCUT2D eigenvalue weighted by atomic mass is 35.5. The van der Waals surface area contributed by atoms with Gasteiger partial charge in [0.05, 0.1) is 0 Å². The Labute approximate surface area is 148 Å². The van der Waals surface area contributed by atoms with Crippen LogP contribution in [0.4, 0.5) is 0 Å². The monoisotopic (exact) mass is 342 g/mol. The van der Waals surface area contributed by atoms with Crippen LogP contribution in [0, 0.1) is 17.8 Å². The Balaban J connectivity index is 0.00000146. The van der Waals surface area contributed by atoms with E-state index in [4.69, 9.17) is 0 Å². The average molecular weight is 343 g/mol. The molecule has 3 aliphatic heterocycles. The summed E-state index contributed by atoms with van der Waals surface area (Å²) in [6.45, 7) is 3.64. The van der Waals surface area contributed by atoms with Gasteiger partial charge in [0.2, 0.25) is 0 Å². The van der Waals surface area contributed by atoms with E-state index in [9.17, 15) is 4.79 Å². The highest BCUT2D eigenvalue weighted by Gasteiger charge is 2.47. The number of carbonyl (C=O) groups is 1. The lowest BCUT2D eigenvalue weighted by molar-refractivity contribution is -0.0418. The highest BCUT2D eigenvalue weighted by molar-refractivity contribution is 5.98. The van der Waals surface area contributed by atoms with Gasteiger partial charge in [0, 0.05) is 31.2 Å². The number of rotatable bonds is 2. The van der Waals surface area contributed by atoms with Gasteiger partial charge in [0.25, 0.3) is 5.91 Å². The van der Waals surface area contributed by atoms with E-state index in [1.54, 1.807) is 0 Å². The zero-order valence-electron chi connectivity index (χ0n) is 13.7. The van der Waals surface area contributed by atoms with Gasteiger partial charge in [-0.3, -0.25) is 4.79 Å². The Morgan fingerprint density at radius 2 is 1.67 bits per heavy atom. The minimum absolute atomic E-state index is 0. The first-order chi connectivity index (χ1) is 11.3. The summed E-state index contributed by atoms with van der Waals surface area (Å²) < 4.78 is 0. The largest absolute Gasteiger partial charge is 0.349 e. The third-order valence-corrected chi connectivity index (χ3v) is 6.10. The normalized spacial score (nSPS) is 33.2. The van der Waals surface area contributed by atoms with Gasteiger partial charge in [-0.15, -0.1) is 12.4 Å². The summed E-state index contributed by atoms with van der Waals surface area (Å²) in [6.07, 6.45) is 2.60. The molecule has 4 fully saturated rings. The molecular weight excluding hydrogens is 320 g/mol. The summed E-state index contributed by atoms with van der Waals surface area (Å²) in [5.41, 5.74) is 0.790. The van der Waals surface area contributed by atoms with Crippen molar-refractivity contribution in [2.45, 2.75) is 18.9 Å². The van der Waals surface area contributed by atoms with E-state index in [1.165, 1.54) is 37.9 Å². The number of piperidine rings is 3. The predicted molar refractivity (Wildman–Crippen MR) is 98.6 cm³/mol. The van der Waals surface area contributed by atoms with E-state index in [0.29, 0.717) is 17.9 Å². The van der Waals surface area contributed by atoms with Crippen molar-refractivity contribution < 1.29 is 4.79 Å². The van der Waals surface area contributed by atoms with Crippen LogP contribution in [0.2, 0.25) is 0 Å². The van der Waals surface area contributed by atoms with Crippen molar-refractivity contribution in [3.8, 4) is 0 Å². The van der Waals surface area contributed by atoms with Crippen molar-refractivity contribution >= 4 is 29.1 Å². The van der Waals surface area contributed by atoms with Crippen molar-refractivity contribution in [1.82, 2.24) is 10.2 Å². The summed E-state index contributed by atoms with van der Waals surface area (Å²) in [4.78, 5) is 15.4. The first-order valence-corrected chi connectivity index (χ1v) is 8.78. The summed E-state index contributed by atoms with van der Waals surface area (Å²) in [5.74, 6) is 2.29. The average Bonchev–Trinajstić information content (AvgIpc) is 2.57. The van der Waals surface area contributed by atoms with Crippen molar-refractivity contribution in [2.24, 2.45) is 17.8 Å². The maximum absolute atomic E-state index is 12.8. The van der Waals surface area contributed by atoms with Gasteiger partial charge in [-0.2, -0.15) is 0 Å². The van der Waals surface area contributed by atoms with Crippen LogP contribution in [0.3, 0.4) is 0 Å². The van der Waals surface area contributed by atoms with E-state index < -0.39 is 0 Å². The molecule has 3 heterocycles. The second kappa shape index (κ2) is 6.05. The third kappa shape index (κ3) is 2.60. The zero-order valence-corrected chi connectivity index (χ0v) is 14.5. The number of carbonyl (C=O) groups excluding carboxylic acids is 1. The van der Waals surface area contributed by atoms with Crippen molar-refractivity contribution in [2.75, 3.05) is 19.6 Å². The fourth-order valence-corrected chi connectivity index (χ4v) is 5.21. The van der Waals surface area contributed by atoms with Gasteiger partial charge in [-0.25, -0.2) is 0 Å². The molecule has 3 saturated heterocycles. The fourth-order valence-electron chi connectivity index (χ4n) is 5.21. The molecule has 126 valence electrons. The van der Waals surface area contributed by atoms with Gasteiger partial charge in [0.15, 0.2) is 0 Å². The molecule has 2 atom stereocenters. The van der Waals surface area contributed by atoms with Crippen LogP contribution in [-0.4, -0.2) is 36.5 Å².